The molecule has 0 saturated carbocycles. The largest absolute Gasteiger partial charge is 2.00 e. The van der Waals surface area contributed by atoms with Gasteiger partial charge in [-0.25, -0.2) is 15.8 Å². The van der Waals surface area contributed by atoms with Crippen LogP contribution in [-0.2, 0) is 19.5 Å². The molecule has 0 aliphatic carbocycles. The number of nitriles is 3. The summed E-state index contributed by atoms with van der Waals surface area (Å²) in [6, 6.07) is 0. The van der Waals surface area contributed by atoms with Gasteiger partial charge in [-0.2, -0.15) is 0 Å². The first-order chi connectivity index (χ1) is 4.24. The Hall–Kier alpha value is -0.507. The Kier molecular flexibility index (Phi) is 314. The maximum atomic E-state index is 8.24. The Morgan fingerprint density at radius 2 is 0.727 bits per heavy atom. The van der Waals surface area contributed by atoms with Crippen LogP contribution in [0, 0.1) is 34.6 Å². The van der Waals surface area contributed by atoms with Gasteiger partial charge in [0, 0.05) is 18.8 Å². The first-order valence-electron chi connectivity index (χ1n) is 1.28. The normalized spacial score (nSPS) is 1.91. The minimum absolute atomic E-state index is 0. The van der Waals surface area contributed by atoms with E-state index in [2.05, 4.69) is 0 Å². The molecule has 8 heteroatoms. The number of hydrogen-bond acceptors (Lipinski definition) is 6. The van der Waals surface area contributed by atoms with E-state index in [0.29, 0.717) is 18.8 Å². The van der Waals surface area contributed by atoms with Crippen LogP contribution in [0.1, 0.15) is 0 Å². The monoisotopic (exact) mass is 213 g/mol. The van der Waals surface area contributed by atoms with Crippen LogP contribution in [0.25, 0.3) is 0 Å². The van der Waals surface area contributed by atoms with Gasteiger partial charge in [-0.1, -0.05) is 0 Å². The third-order valence-electron chi connectivity index (χ3n) is 0. The van der Waals surface area contributed by atoms with E-state index in [0.717, 1.165) is 0 Å². The maximum Gasteiger partial charge on any atom is 2.00 e. The molecular weight excluding hydrogens is 214 g/mol. The summed E-state index contributed by atoms with van der Waals surface area (Å²) in [5.41, 5.74) is 0. The molecule has 0 heterocycles. The zero-order valence-corrected chi connectivity index (χ0v) is 10.7. The molecule has 0 fully saturated rings. The van der Waals surface area contributed by atoms with Crippen LogP contribution in [0.5, 0.6) is 0 Å². The molecular formula is C3N3NaO3Zn. The van der Waals surface area contributed by atoms with E-state index >= 15 is 0 Å². The van der Waals surface area contributed by atoms with E-state index in [4.69, 9.17) is 31.1 Å². The molecule has 0 spiro atoms. The topological polar surface area (TPSA) is 141 Å². The molecule has 0 radical (unpaired) electrons. The molecule has 48 valence electrons. The zero-order chi connectivity index (χ0) is 8.12. The maximum absolute atomic E-state index is 8.24. The molecule has 0 amide bonds. The number of nitrogens with zero attached hydrogens (tertiary/aromatic N) is 3. The van der Waals surface area contributed by atoms with E-state index in [1.807, 2.05) is 0 Å². The van der Waals surface area contributed by atoms with E-state index in [-0.39, 0.29) is 49.0 Å². The first-order valence-corrected chi connectivity index (χ1v) is 1.28. The van der Waals surface area contributed by atoms with Gasteiger partial charge in [0.2, 0.25) is 0 Å². The molecule has 6 nitrogen and oxygen atoms in total. The van der Waals surface area contributed by atoms with Crippen molar-refractivity contribution < 1.29 is 64.4 Å². The molecule has 0 aromatic carbocycles. The van der Waals surface area contributed by atoms with Crippen LogP contribution in [0.4, 0.5) is 0 Å². The van der Waals surface area contributed by atoms with Gasteiger partial charge >= 0.3 is 49.0 Å². The van der Waals surface area contributed by atoms with Gasteiger partial charge in [0.1, 0.15) is 0 Å². The fourth-order valence-corrected chi connectivity index (χ4v) is 0. The minimum atomic E-state index is 0. The van der Waals surface area contributed by atoms with Crippen molar-refractivity contribution >= 4 is 0 Å². The molecule has 0 saturated heterocycles. The molecule has 0 atom stereocenters. The van der Waals surface area contributed by atoms with Crippen molar-refractivity contribution in [2.24, 2.45) is 0 Å². The molecule has 0 aliphatic heterocycles. The fourth-order valence-electron chi connectivity index (χ4n) is 0. The van der Waals surface area contributed by atoms with Crippen molar-refractivity contribution in [3.63, 3.8) is 0 Å². The molecule has 0 unspecified atom stereocenters. The van der Waals surface area contributed by atoms with Crippen LogP contribution in [0.3, 0.4) is 0 Å². The van der Waals surface area contributed by atoms with Crippen molar-refractivity contribution in [1.29, 1.82) is 15.8 Å². The smallest absolute Gasteiger partial charge is 0.812 e. The summed E-state index contributed by atoms with van der Waals surface area (Å²) in [7, 11) is 0. The summed E-state index contributed by atoms with van der Waals surface area (Å²) in [6.07, 6.45) is 1.50. The van der Waals surface area contributed by atoms with Crippen molar-refractivity contribution in [1.82, 2.24) is 0 Å². The first kappa shape index (κ1) is 31.3. The minimum Gasteiger partial charge on any atom is -0.812 e. The van der Waals surface area contributed by atoms with Crippen molar-refractivity contribution in [3.05, 3.63) is 0 Å². The van der Waals surface area contributed by atoms with Gasteiger partial charge in [0.25, 0.3) is 0 Å². The van der Waals surface area contributed by atoms with Crippen molar-refractivity contribution in [2.75, 3.05) is 0 Å². The Labute approximate surface area is 98.3 Å². The van der Waals surface area contributed by atoms with Crippen LogP contribution in [0.2, 0.25) is 0 Å². The third-order valence-corrected chi connectivity index (χ3v) is 0. The standard InChI is InChI=1S/3CHNO.Na.Zn/c3*2-1-3;;/h3*3H;;/q;;;+1;+2/p-3. The van der Waals surface area contributed by atoms with E-state index in [9.17, 15) is 0 Å². The molecule has 0 aliphatic rings. The summed E-state index contributed by atoms with van der Waals surface area (Å²) in [6.45, 7) is 0. The van der Waals surface area contributed by atoms with E-state index in [1.54, 1.807) is 0 Å². The molecule has 0 aromatic rings. The Bertz CT molecular complexity index is 117. The van der Waals surface area contributed by atoms with Gasteiger partial charge in [0.05, 0.1) is 0 Å². The summed E-state index contributed by atoms with van der Waals surface area (Å²) >= 11 is 0. The zero-order valence-electron chi connectivity index (χ0n) is 5.77. The van der Waals surface area contributed by atoms with Crippen LogP contribution >= 0.6 is 0 Å². The van der Waals surface area contributed by atoms with E-state index < -0.39 is 0 Å². The molecule has 11 heavy (non-hydrogen) atoms. The predicted molar refractivity (Wildman–Crippen MR) is 16.8 cm³/mol. The van der Waals surface area contributed by atoms with Crippen LogP contribution in [-0.4, -0.2) is 0 Å². The second kappa shape index (κ2) is 110. The average Bonchev–Trinajstić information content (AvgIpc) is 1.70. The molecule has 0 bridgehead atoms. The fraction of sp³-hybridized carbons (Fsp3) is 0. The third kappa shape index (κ3) is 2080. The number of hydrogen-bond donors (Lipinski definition) is 0. The molecule has 0 rings (SSSR count). The Morgan fingerprint density at radius 1 is 0.727 bits per heavy atom. The van der Waals surface area contributed by atoms with Crippen LogP contribution < -0.4 is 44.9 Å². The van der Waals surface area contributed by atoms with Crippen molar-refractivity contribution in [2.45, 2.75) is 0 Å². The van der Waals surface area contributed by atoms with Crippen LogP contribution in [0.15, 0.2) is 0 Å². The predicted octanol–water partition coefficient (Wildman–Crippen LogP) is -6.52. The van der Waals surface area contributed by atoms with Gasteiger partial charge in [-0.15, -0.1) is 0 Å². The summed E-state index contributed by atoms with van der Waals surface area (Å²) < 4.78 is 0. The Balaban J connectivity index is -0.0000000150. The SMILES string of the molecule is N#C[O-].N#C[O-].N#C[O-].[Na+].[Zn+2]. The quantitative estimate of drug-likeness (QED) is 0.290. The Morgan fingerprint density at radius 3 is 0.727 bits per heavy atom. The van der Waals surface area contributed by atoms with Crippen molar-refractivity contribution in [3.8, 4) is 18.8 Å². The second-order valence-electron chi connectivity index (χ2n) is 0.274. The van der Waals surface area contributed by atoms with Gasteiger partial charge in [-0.05, 0) is 0 Å². The van der Waals surface area contributed by atoms with Gasteiger partial charge in [0.15, 0.2) is 0 Å². The molecule has 0 aromatic heterocycles. The van der Waals surface area contributed by atoms with Gasteiger partial charge < -0.3 is 15.3 Å². The number of rotatable bonds is 0. The summed E-state index contributed by atoms with van der Waals surface area (Å²) in [4.78, 5) is 0. The van der Waals surface area contributed by atoms with E-state index in [1.165, 1.54) is 0 Å². The second-order valence-corrected chi connectivity index (χ2v) is 0.274. The van der Waals surface area contributed by atoms with Gasteiger partial charge in [-0.3, -0.25) is 0 Å². The summed E-state index contributed by atoms with van der Waals surface area (Å²) in [5, 5.41) is 45.0. The molecule has 0 N–H and O–H groups in total. The summed E-state index contributed by atoms with van der Waals surface area (Å²) in [5.74, 6) is 0. The average molecular weight is 214 g/mol.